The zero-order valence-corrected chi connectivity index (χ0v) is 16.0. The Hall–Kier alpha value is -3.10. The molecule has 1 amide bonds. The summed E-state index contributed by atoms with van der Waals surface area (Å²) in [7, 11) is 1.64. The average Bonchev–Trinajstić information content (AvgIpc) is 3.13. The second kappa shape index (κ2) is 7.14. The summed E-state index contributed by atoms with van der Waals surface area (Å²) >= 11 is 7.17. The van der Waals surface area contributed by atoms with Gasteiger partial charge >= 0.3 is 0 Å². The second-order valence-electron chi connectivity index (χ2n) is 5.96. The molecule has 1 N–H and O–H groups in total. The normalized spacial score (nSPS) is 11.0. The van der Waals surface area contributed by atoms with Gasteiger partial charge in [0.25, 0.3) is 5.91 Å². The maximum atomic E-state index is 13.1. The SMILES string of the molecule is Cn1nc(C(=O)Nc2nc(-c3ccc(F)cc3)cs2)c(=O)c2cc(Cl)ccc21. The van der Waals surface area contributed by atoms with Gasteiger partial charge in [0, 0.05) is 23.0 Å². The minimum Gasteiger partial charge on any atom is -0.296 e. The van der Waals surface area contributed by atoms with Gasteiger partial charge in [-0.05, 0) is 42.5 Å². The molecule has 4 aromatic rings. The number of thiazole rings is 1. The summed E-state index contributed by atoms with van der Waals surface area (Å²) in [5.41, 5.74) is 1.11. The number of anilines is 1. The summed E-state index contributed by atoms with van der Waals surface area (Å²) in [5.74, 6) is -1.01. The Morgan fingerprint density at radius 3 is 2.71 bits per heavy atom. The lowest BCUT2D eigenvalue weighted by atomic mass is 10.2. The first-order chi connectivity index (χ1) is 13.4. The van der Waals surface area contributed by atoms with Crippen molar-refractivity contribution in [1.82, 2.24) is 14.8 Å². The Morgan fingerprint density at radius 2 is 1.96 bits per heavy atom. The lowest BCUT2D eigenvalue weighted by molar-refractivity contribution is 0.101. The molecular weight excluding hydrogens is 403 g/mol. The van der Waals surface area contributed by atoms with E-state index >= 15 is 0 Å². The molecule has 0 atom stereocenters. The first-order valence-electron chi connectivity index (χ1n) is 8.12. The summed E-state index contributed by atoms with van der Waals surface area (Å²) in [4.78, 5) is 29.6. The third-order valence-electron chi connectivity index (χ3n) is 4.10. The Morgan fingerprint density at radius 1 is 1.21 bits per heavy atom. The number of fused-ring (bicyclic) bond motifs is 1. The number of nitrogens with zero attached hydrogens (tertiary/aromatic N) is 3. The number of aromatic nitrogens is 3. The van der Waals surface area contributed by atoms with Gasteiger partial charge < -0.3 is 0 Å². The molecule has 0 radical (unpaired) electrons. The number of carbonyl (C=O) groups excluding carboxylic acids is 1. The first kappa shape index (κ1) is 18.3. The molecule has 9 heteroatoms. The molecular formula is C19H12ClFN4O2S. The molecule has 0 aliphatic rings. The van der Waals surface area contributed by atoms with Crippen LogP contribution >= 0.6 is 22.9 Å². The van der Waals surface area contributed by atoms with Crippen LogP contribution in [0.1, 0.15) is 10.5 Å². The number of rotatable bonds is 3. The van der Waals surface area contributed by atoms with Crippen LogP contribution in [-0.2, 0) is 7.05 Å². The van der Waals surface area contributed by atoms with Crippen molar-refractivity contribution >= 4 is 44.9 Å². The number of benzene rings is 2. The lowest BCUT2D eigenvalue weighted by Gasteiger charge is -2.07. The number of hydrogen-bond acceptors (Lipinski definition) is 5. The molecule has 0 saturated carbocycles. The Balaban J connectivity index is 1.65. The highest BCUT2D eigenvalue weighted by Crippen LogP contribution is 2.25. The van der Waals surface area contributed by atoms with Crippen LogP contribution in [0.4, 0.5) is 9.52 Å². The number of aryl methyl sites for hydroxylation is 1. The molecule has 140 valence electrons. The molecule has 4 rings (SSSR count). The van der Waals surface area contributed by atoms with Crippen molar-refractivity contribution in [2.45, 2.75) is 0 Å². The maximum Gasteiger partial charge on any atom is 0.281 e. The zero-order valence-electron chi connectivity index (χ0n) is 14.4. The number of hydrogen-bond donors (Lipinski definition) is 1. The van der Waals surface area contributed by atoms with Gasteiger partial charge in [-0.15, -0.1) is 11.3 Å². The van der Waals surface area contributed by atoms with Crippen LogP contribution in [-0.4, -0.2) is 20.7 Å². The van der Waals surface area contributed by atoms with Gasteiger partial charge in [0.1, 0.15) is 5.82 Å². The van der Waals surface area contributed by atoms with E-state index in [9.17, 15) is 14.0 Å². The highest BCUT2D eigenvalue weighted by molar-refractivity contribution is 7.14. The number of amides is 1. The van der Waals surface area contributed by atoms with Crippen molar-refractivity contribution in [3.63, 3.8) is 0 Å². The molecule has 0 fully saturated rings. The van der Waals surface area contributed by atoms with Gasteiger partial charge in [0.2, 0.25) is 5.43 Å². The maximum absolute atomic E-state index is 13.1. The zero-order chi connectivity index (χ0) is 19.8. The van der Waals surface area contributed by atoms with Crippen LogP contribution in [0.3, 0.4) is 0 Å². The summed E-state index contributed by atoms with van der Waals surface area (Å²) in [6, 6.07) is 10.7. The summed E-state index contributed by atoms with van der Waals surface area (Å²) in [6.45, 7) is 0. The Kier molecular flexibility index (Phi) is 4.66. The molecule has 0 aliphatic carbocycles. The van der Waals surface area contributed by atoms with Crippen molar-refractivity contribution in [3.05, 3.63) is 74.6 Å². The monoisotopic (exact) mass is 414 g/mol. The van der Waals surface area contributed by atoms with E-state index in [4.69, 9.17) is 11.6 Å². The van der Waals surface area contributed by atoms with Crippen LogP contribution in [0, 0.1) is 5.82 Å². The first-order valence-corrected chi connectivity index (χ1v) is 9.37. The smallest absolute Gasteiger partial charge is 0.281 e. The van der Waals surface area contributed by atoms with Crippen molar-refractivity contribution in [2.24, 2.45) is 7.05 Å². The molecule has 0 bridgehead atoms. The molecule has 2 heterocycles. The predicted octanol–water partition coefficient (Wildman–Crippen LogP) is 4.10. The standard InChI is InChI=1S/C19H12ClFN4O2S/c1-25-15-7-4-11(20)8-13(15)17(26)16(24-25)18(27)23-19-22-14(9-28-19)10-2-5-12(21)6-3-10/h2-9H,1H3,(H,22,23,27). The fraction of sp³-hybridized carbons (Fsp3) is 0.0526. The quantitative estimate of drug-likeness (QED) is 0.547. The van der Waals surface area contributed by atoms with Gasteiger partial charge in [-0.25, -0.2) is 9.37 Å². The fourth-order valence-electron chi connectivity index (χ4n) is 2.74. The van der Waals surface area contributed by atoms with E-state index in [2.05, 4.69) is 15.4 Å². The molecule has 0 aliphatic heterocycles. The van der Waals surface area contributed by atoms with Crippen molar-refractivity contribution in [2.75, 3.05) is 5.32 Å². The molecule has 2 aromatic carbocycles. The van der Waals surface area contributed by atoms with Crippen LogP contribution in [0.25, 0.3) is 22.2 Å². The van der Waals surface area contributed by atoms with Crippen molar-refractivity contribution < 1.29 is 9.18 Å². The average molecular weight is 415 g/mol. The fourth-order valence-corrected chi connectivity index (χ4v) is 3.63. The largest absolute Gasteiger partial charge is 0.296 e. The van der Waals surface area contributed by atoms with E-state index in [1.54, 1.807) is 36.7 Å². The Bertz CT molecular complexity index is 1270. The third kappa shape index (κ3) is 3.39. The molecule has 0 saturated heterocycles. The highest BCUT2D eigenvalue weighted by Gasteiger charge is 2.18. The van der Waals surface area contributed by atoms with Gasteiger partial charge in [0.05, 0.1) is 16.6 Å². The summed E-state index contributed by atoms with van der Waals surface area (Å²) in [6.07, 6.45) is 0. The highest BCUT2D eigenvalue weighted by atomic mass is 35.5. The number of halogens is 2. The van der Waals surface area contributed by atoms with Crippen LogP contribution in [0.5, 0.6) is 0 Å². The molecule has 0 unspecified atom stereocenters. The molecule has 2 aromatic heterocycles. The van der Waals surface area contributed by atoms with Gasteiger partial charge in [-0.3, -0.25) is 19.6 Å². The molecule has 6 nitrogen and oxygen atoms in total. The van der Waals surface area contributed by atoms with E-state index in [-0.39, 0.29) is 11.5 Å². The lowest BCUT2D eigenvalue weighted by Crippen LogP contribution is -2.26. The van der Waals surface area contributed by atoms with E-state index in [1.165, 1.54) is 34.2 Å². The van der Waals surface area contributed by atoms with E-state index in [1.807, 2.05) is 0 Å². The second-order valence-corrected chi connectivity index (χ2v) is 7.26. The summed E-state index contributed by atoms with van der Waals surface area (Å²) in [5, 5.41) is 9.42. The minimum absolute atomic E-state index is 0.254. The van der Waals surface area contributed by atoms with Gasteiger partial charge in [0.15, 0.2) is 10.8 Å². The van der Waals surface area contributed by atoms with E-state index in [0.29, 0.717) is 32.3 Å². The predicted molar refractivity (Wildman–Crippen MR) is 107 cm³/mol. The van der Waals surface area contributed by atoms with Crippen molar-refractivity contribution in [1.29, 1.82) is 0 Å². The summed E-state index contributed by atoms with van der Waals surface area (Å²) < 4.78 is 14.5. The van der Waals surface area contributed by atoms with E-state index < -0.39 is 11.3 Å². The van der Waals surface area contributed by atoms with Crippen LogP contribution < -0.4 is 10.7 Å². The Labute approximate surface area is 167 Å². The minimum atomic E-state index is -0.664. The van der Waals surface area contributed by atoms with Crippen LogP contribution in [0.2, 0.25) is 5.02 Å². The topological polar surface area (TPSA) is 76.9 Å². The number of carbonyl (C=O) groups is 1. The third-order valence-corrected chi connectivity index (χ3v) is 5.09. The van der Waals surface area contributed by atoms with Crippen molar-refractivity contribution in [3.8, 4) is 11.3 Å². The van der Waals surface area contributed by atoms with E-state index in [0.717, 1.165) is 0 Å². The van der Waals surface area contributed by atoms with Crippen LogP contribution in [0.15, 0.2) is 52.6 Å². The molecule has 28 heavy (non-hydrogen) atoms. The van der Waals surface area contributed by atoms with Gasteiger partial charge in [-0.2, -0.15) is 5.10 Å². The van der Waals surface area contributed by atoms with Gasteiger partial charge in [-0.1, -0.05) is 11.6 Å². The molecule has 0 spiro atoms. The number of nitrogens with one attached hydrogen (secondary N) is 1.